The van der Waals surface area contributed by atoms with Crippen molar-refractivity contribution in [2.24, 2.45) is 0 Å². The predicted molar refractivity (Wildman–Crippen MR) is 62.4 cm³/mol. The van der Waals surface area contributed by atoms with E-state index in [1.807, 2.05) is 38.1 Å². The molecule has 0 aliphatic rings. The van der Waals surface area contributed by atoms with E-state index in [9.17, 15) is 0 Å². The van der Waals surface area contributed by atoms with Crippen molar-refractivity contribution in [3.63, 3.8) is 0 Å². The van der Waals surface area contributed by atoms with Crippen molar-refractivity contribution >= 4 is 0 Å². The molecule has 0 radical (unpaired) electrons. The Balaban J connectivity index is 0.000000606. The summed E-state index contributed by atoms with van der Waals surface area (Å²) < 4.78 is 10.4. The molecule has 2 rings (SSSR count). The fraction of sp³-hybridized carbons (Fsp3) is 0.333. The maximum atomic E-state index is 5.29. The van der Waals surface area contributed by atoms with E-state index in [0.717, 1.165) is 11.3 Å². The lowest BCUT2D eigenvalue weighted by atomic mass is 10.2. The van der Waals surface area contributed by atoms with Crippen LogP contribution < -0.4 is 4.74 Å². The van der Waals surface area contributed by atoms with Crippen LogP contribution in [0.1, 0.15) is 19.7 Å². The highest BCUT2D eigenvalue weighted by Crippen LogP contribution is 2.22. The van der Waals surface area contributed by atoms with Gasteiger partial charge in [-0.1, -0.05) is 19.9 Å². The summed E-state index contributed by atoms with van der Waals surface area (Å²) in [5.41, 5.74) is 0.866. The van der Waals surface area contributed by atoms with E-state index >= 15 is 0 Å². The van der Waals surface area contributed by atoms with Gasteiger partial charge in [0.25, 0.3) is 0 Å². The van der Waals surface area contributed by atoms with Crippen LogP contribution in [-0.4, -0.2) is 17.3 Å². The van der Waals surface area contributed by atoms with Gasteiger partial charge in [-0.25, -0.2) is 0 Å². The minimum atomic E-state index is 0.515. The number of methoxy groups -OCH3 is 1. The Morgan fingerprint density at radius 3 is 2.50 bits per heavy atom. The van der Waals surface area contributed by atoms with Crippen molar-refractivity contribution < 1.29 is 9.15 Å². The Hall–Kier alpha value is -1.84. The van der Waals surface area contributed by atoms with Crippen LogP contribution in [0.4, 0.5) is 0 Å². The van der Waals surface area contributed by atoms with Crippen molar-refractivity contribution in [3.05, 3.63) is 30.2 Å². The molecule has 0 fully saturated rings. The summed E-state index contributed by atoms with van der Waals surface area (Å²) in [6.07, 6.45) is 0. The fourth-order valence-electron chi connectivity index (χ4n) is 1.17. The van der Waals surface area contributed by atoms with E-state index in [-0.39, 0.29) is 0 Å². The van der Waals surface area contributed by atoms with Gasteiger partial charge in [0.15, 0.2) is 0 Å². The van der Waals surface area contributed by atoms with Gasteiger partial charge in [-0.2, -0.15) is 0 Å². The van der Waals surface area contributed by atoms with Crippen LogP contribution in [0, 0.1) is 6.92 Å². The molecule has 16 heavy (non-hydrogen) atoms. The molecule has 0 aliphatic heterocycles. The maximum absolute atomic E-state index is 5.29. The second-order valence-electron chi connectivity index (χ2n) is 2.86. The van der Waals surface area contributed by atoms with Gasteiger partial charge in [-0.15, -0.1) is 10.2 Å². The smallest absolute Gasteiger partial charge is 0.247 e. The summed E-state index contributed by atoms with van der Waals surface area (Å²) >= 11 is 0. The van der Waals surface area contributed by atoms with Gasteiger partial charge in [0, 0.05) is 12.5 Å². The van der Waals surface area contributed by atoms with Gasteiger partial charge < -0.3 is 9.15 Å². The quantitative estimate of drug-likeness (QED) is 0.780. The third-order valence-corrected chi connectivity index (χ3v) is 1.84. The molecule has 0 aliphatic carbocycles. The number of rotatable bonds is 2. The molecule has 0 bridgehead atoms. The zero-order valence-corrected chi connectivity index (χ0v) is 10.0. The molecule has 0 spiro atoms. The molecule has 0 amide bonds. The molecular weight excluding hydrogens is 204 g/mol. The summed E-state index contributed by atoms with van der Waals surface area (Å²) in [6.45, 7) is 5.76. The summed E-state index contributed by atoms with van der Waals surface area (Å²) in [4.78, 5) is 0. The average molecular weight is 220 g/mol. The highest BCUT2D eigenvalue weighted by molar-refractivity contribution is 5.55. The van der Waals surface area contributed by atoms with E-state index in [1.54, 1.807) is 14.0 Å². The lowest BCUT2D eigenvalue weighted by Crippen LogP contribution is -1.83. The Kier molecular flexibility index (Phi) is 4.51. The summed E-state index contributed by atoms with van der Waals surface area (Å²) in [5, 5.41) is 7.68. The Morgan fingerprint density at radius 1 is 1.19 bits per heavy atom. The van der Waals surface area contributed by atoms with Gasteiger partial charge in [-0.05, 0) is 18.2 Å². The Bertz CT molecular complexity index is 438. The van der Waals surface area contributed by atoms with E-state index in [1.165, 1.54) is 0 Å². The van der Waals surface area contributed by atoms with E-state index in [4.69, 9.17) is 9.15 Å². The largest absolute Gasteiger partial charge is 0.497 e. The number of benzene rings is 1. The number of aryl methyl sites for hydroxylation is 1. The molecule has 0 saturated carbocycles. The van der Waals surface area contributed by atoms with Gasteiger partial charge in [0.05, 0.1) is 7.11 Å². The monoisotopic (exact) mass is 220 g/mol. The van der Waals surface area contributed by atoms with Gasteiger partial charge in [0.2, 0.25) is 11.8 Å². The second-order valence-corrected chi connectivity index (χ2v) is 2.86. The summed E-state index contributed by atoms with van der Waals surface area (Å²) in [5.74, 6) is 1.85. The third-order valence-electron chi connectivity index (χ3n) is 1.84. The molecule has 4 nitrogen and oxygen atoms in total. The molecule has 0 unspecified atom stereocenters. The van der Waals surface area contributed by atoms with Crippen molar-refractivity contribution in [1.29, 1.82) is 0 Å². The molecule has 1 heterocycles. The van der Waals surface area contributed by atoms with Crippen LogP contribution in [0.5, 0.6) is 5.75 Å². The van der Waals surface area contributed by atoms with Gasteiger partial charge >= 0.3 is 0 Å². The molecule has 86 valence electrons. The zero-order chi connectivity index (χ0) is 12.0. The summed E-state index contributed by atoms with van der Waals surface area (Å²) in [6, 6.07) is 7.50. The zero-order valence-electron chi connectivity index (χ0n) is 10.0. The highest BCUT2D eigenvalue weighted by Gasteiger charge is 2.05. The van der Waals surface area contributed by atoms with Crippen molar-refractivity contribution in [2.45, 2.75) is 20.8 Å². The number of nitrogens with zero attached hydrogens (tertiary/aromatic N) is 2. The first kappa shape index (κ1) is 12.2. The molecular formula is C12H16N2O2. The SMILES string of the molecule is CC.COc1cccc(-c2nnc(C)o2)c1. The van der Waals surface area contributed by atoms with Crippen LogP contribution in [0.3, 0.4) is 0 Å². The topological polar surface area (TPSA) is 48.2 Å². The normalized spacial score (nSPS) is 9.25. The van der Waals surface area contributed by atoms with E-state index in [2.05, 4.69) is 10.2 Å². The molecule has 0 N–H and O–H groups in total. The molecule has 0 saturated heterocycles. The van der Waals surface area contributed by atoms with Crippen LogP contribution in [-0.2, 0) is 0 Å². The average Bonchev–Trinajstić information content (AvgIpc) is 2.79. The first-order chi connectivity index (χ1) is 7.79. The number of hydrogen-bond donors (Lipinski definition) is 0. The van der Waals surface area contributed by atoms with Crippen LogP contribution in [0.15, 0.2) is 28.7 Å². The van der Waals surface area contributed by atoms with Crippen molar-refractivity contribution in [3.8, 4) is 17.2 Å². The Morgan fingerprint density at radius 2 is 1.94 bits per heavy atom. The van der Waals surface area contributed by atoms with Crippen LogP contribution in [0.2, 0.25) is 0 Å². The minimum Gasteiger partial charge on any atom is -0.497 e. The summed E-state index contributed by atoms with van der Waals surface area (Å²) in [7, 11) is 1.62. The fourth-order valence-corrected chi connectivity index (χ4v) is 1.17. The Labute approximate surface area is 95.3 Å². The number of aromatic nitrogens is 2. The number of hydrogen-bond acceptors (Lipinski definition) is 4. The minimum absolute atomic E-state index is 0.515. The first-order valence-corrected chi connectivity index (χ1v) is 5.24. The molecule has 0 atom stereocenters. The van der Waals surface area contributed by atoms with Crippen LogP contribution >= 0.6 is 0 Å². The first-order valence-electron chi connectivity index (χ1n) is 5.24. The van der Waals surface area contributed by atoms with Crippen LogP contribution in [0.25, 0.3) is 11.5 Å². The standard InChI is InChI=1S/C10H10N2O2.C2H6/c1-7-11-12-10(14-7)8-4-3-5-9(6-8)13-2;1-2/h3-6H,1-2H3;1-2H3. The van der Waals surface area contributed by atoms with Crippen molar-refractivity contribution in [2.75, 3.05) is 7.11 Å². The lowest BCUT2D eigenvalue weighted by molar-refractivity contribution is 0.414. The highest BCUT2D eigenvalue weighted by atomic mass is 16.5. The second kappa shape index (κ2) is 5.90. The van der Waals surface area contributed by atoms with E-state index < -0.39 is 0 Å². The van der Waals surface area contributed by atoms with Gasteiger partial charge in [0.1, 0.15) is 5.75 Å². The third kappa shape index (κ3) is 2.82. The number of ether oxygens (including phenoxy) is 1. The van der Waals surface area contributed by atoms with Gasteiger partial charge in [-0.3, -0.25) is 0 Å². The molecule has 2 aromatic rings. The van der Waals surface area contributed by atoms with E-state index in [0.29, 0.717) is 11.8 Å². The predicted octanol–water partition coefficient (Wildman–Crippen LogP) is 3.08. The molecule has 4 heteroatoms. The lowest BCUT2D eigenvalue weighted by Gasteiger charge is -1.99. The van der Waals surface area contributed by atoms with Crippen molar-refractivity contribution in [1.82, 2.24) is 10.2 Å². The molecule has 1 aromatic heterocycles. The maximum Gasteiger partial charge on any atom is 0.247 e. The molecule has 1 aromatic carbocycles.